The SMILES string of the molecule is CCCCNC(=O)c1ccc(Nc2cccc(Cl)c2)cn1. The van der Waals surface area contributed by atoms with E-state index in [1.807, 2.05) is 30.3 Å². The number of nitrogens with one attached hydrogen (secondary N) is 2. The summed E-state index contributed by atoms with van der Waals surface area (Å²) < 4.78 is 0. The van der Waals surface area contributed by atoms with E-state index in [4.69, 9.17) is 11.6 Å². The number of hydrogen-bond acceptors (Lipinski definition) is 3. The van der Waals surface area contributed by atoms with Crippen molar-refractivity contribution in [3.63, 3.8) is 0 Å². The number of aromatic nitrogens is 1. The van der Waals surface area contributed by atoms with Crippen molar-refractivity contribution in [3.05, 3.63) is 53.3 Å². The molecule has 0 spiro atoms. The third-order valence-electron chi connectivity index (χ3n) is 2.93. The van der Waals surface area contributed by atoms with E-state index in [-0.39, 0.29) is 5.91 Å². The fraction of sp³-hybridized carbons (Fsp3) is 0.250. The summed E-state index contributed by atoms with van der Waals surface area (Å²) in [6.07, 6.45) is 3.66. The number of nitrogens with zero attached hydrogens (tertiary/aromatic N) is 1. The standard InChI is InChI=1S/C16H18ClN3O/c1-2-3-9-18-16(21)15-8-7-14(11-19-15)20-13-6-4-5-12(17)10-13/h4-8,10-11,20H,2-3,9H2,1H3,(H,18,21). The Kier molecular flexibility index (Phi) is 5.58. The molecule has 0 fully saturated rings. The molecule has 4 nitrogen and oxygen atoms in total. The van der Waals surface area contributed by atoms with E-state index in [1.54, 1.807) is 12.3 Å². The van der Waals surface area contributed by atoms with Gasteiger partial charge in [0.25, 0.3) is 5.91 Å². The molecule has 2 aromatic rings. The molecule has 1 heterocycles. The lowest BCUT2D eigenvalue weighted by Crippen LogP contribution is -2.25. The number of carbonyl (C=O) groups excluding carboxylic acids is 1. The first kappa shape index (κ1) is 15.3. The summed E-state index contributed by atoms with van der Waals surface area (Å²) in [6, 6.07) is 10.9. The summed E-state index contributed by atoms with van der Waals surface area (Å²) >= 11 is 5.93. The Morgan fingerprint density at radius 2 is 2.10 bits per heavy atom. The summed E-state index contributed by atoms with van der Waals surface area (Å²) in [5.41, 5.74) is 2.11. The highest BCUT2D eigenvalue weighted by Gasteiger charge is 2.06. The third kappa shape index (κ3) is 4.76. The molecule has 2 N–H and O–H groups in total. The monoisotopic (exact) mass is 303 g/mol. The van der Waals surface area contributed by atoms with E-state index in [1.165, 1.54) is 0 Å². The molecule has 1 amide bonds. The van der Waals surface area contributed by atoms with Gasteiger partial charge in [0, 0.05) is 17.3 Å². The average Bonchev–Trinajstić information content (AvgIpc) is 2.48. The Morgan fingerprint density at radius 3 is 2.76 bits per heavy atom. The summed E-state index contributed by atoms with van der Waals surface area (Å²) in [5.74, 6) is -0.141. The predicted octanol–water partition coefficient (Wildman–Crippen LogP) is 4.01. The van der Waals surface area contributed by atoms with Gasteiger partial charge in [-0.3, -0.25) is 4.79 Å². The van der Waals surface area contributed by atoms with Crippen molar-refractivity contribution in [2.75, 3.05) is 11.9 Å². The normalized spacial score (nSPS) is 10.2. The van der Waals surface area contributed by atoms with E-state index >= 15 is 0 Å². The molecule has 110 valence electrons. The number of carbonyl (C=O) groups is 1. The fourth-order valence-corrected chi connectivity index (χ4v) is 1.99. The zero-order valence-electron chi connectivity index (χ0n) is 11.9. The molecule has 1 aromatic heterocycles. The molecule has 0 saturated heterocycles. The van der Waals surface area contributed by atoms with Crippen molar-refractivity contribution >= 4 is 28.9 Å². The van der Waals surface area contributed by atoms with Crippen LogP contribution in [0.15, 0.2) is 42.6 Å². The van der Waals surface area contributed by atoms with Crippen molar-refractivity contribution in [1.29, 1.82) is 0 Å². The van der Waals surface area contributed by atoms with Gasteiger partial charge in [-0.1, -0.05) is 31.0 Å². The smallest absolute Gasteiger partial charge is 0.269 e. The molecule has 0 aliphatic heterocycles. The van der Waals surface area contributed by atoms with E-state index in [2.05, 4.69) is 22.5 Å². The minimum Gasteiger partial charge on any atom is -0.354 e. The number of benzene rings is 1. The molecule has 0 aliphatic rings. The van der Waals surface area contributed by atoms with Gasteiger partial charge in [0.1, 0.15) is 5.69 Å². The Morgan fingerprint density at radius 1 is 1.24 bits per heavy atom. The van der Waals surface area contributed by atoms with E-state index in [0.717, 1.165) is 24.2 Å². The Labute approximate surface area is 129 Å². The second-order valence-corrected chi connectivity index (χ2v) is 5.11. The molecule has 0 unspecified atom stereocenters. The number of halogens is 1. The van der Waals surface area contributed by atoms with Gasteiger partial charge in [-0.25, -0.2) is 4.98 Å². The van der Waals surface area contributed by atoms with Gasteiger partial charge in [0.05, 0.1) is 11.9 Å². The summed E-state index contributed by atoms with van der Waals surface area (Å²) in [5, 5.41) is 6.69. The van der Waals surface area contributed by atoms with Crippen LogP contribution in [0.4, 0.5) is 11.4 Å². The highest BCUT2D eigenvalue weighted by molar-refractivity contribution is 6.30. The molecule has 5 heteroatoms. The number of hydrogen-bond donors (Lipinski definition) is 2. The summed E-state index contributed by atoms with van der Waals surface area (Å²) in [4.78, 5) is 16.0. The molecule has 1 aromatic carbocycles. The predicted molar refractivity (Wildman–Crippen MR) is 86.2 cm³/mol. The lowest BCUT2D eigenvalue weighted by atomic mass is 10.2. The van der Waals surface area contributed by atoms with Crippen LogP contribution in [-0.4, -0.2) is 17.4 Å². The number of amides is 1. The van der Waals surface area contributed by atoms with Gasteiger partial charge in [-0.05, 0) is 36.8 Å². The van der Waals surface area contributed by atoms with Crippen LogP contribution in [0.1, 0.15) is 30.3 Å². The lowest BCUT2D eigenvalue weighted by molar-refractivity contribution is 0.0948. The molecule has 21 heavy (non-hydrogen) atoms. The summed E-state index contributed by atoms with van der Waals surface area (Å²) in [7, 11) is 0. The quantitative estimate of drug-likeness (QED) is 0.793. The number of anilines is 2. The second-order valence-electron chi connectivity index (χ2n) is 4.68. The first-order valence-electron chi connectivity index (χ1n) is 6.96. The third-order valence-corrected chi connectivity index (χ3v) is 3.16. The van der Waals surface area contributed by atoms with Crippen LogP contribution in [0.3, 0.4) is 0 Å². The summed E-state index contributed by atoms with van der Waals surface area (Å²) in [6.45, 7) is 2.76. The molecule has 0 saturated carbocycles. The second kappa shape index (κ2) is 7.64. The van der Waals surface area contributed by atoms with Crippen molar-refractivity contribution < 1.29 is 4.79 Å². The average molecular weight is 304 g/mol. The number of rotatable bonds is 6. The highest BCUT2D eigenvalue weighted by atomic mass is 35.5. The van der Waals surface area contributed by atoms with Crippen molar-refractivity contribution in [1.82, 2.24) is 10.3 Å². The molecular formula is C16H18ClN3O. The molecule has 0 atom stereocenters. The van der Waals surface area contributed by atoms with E-state index in [0.29, 0.717) is 17.3 Å². The molecule has 0 bridgehead atoms. The first-order valence-corrected chi connectivity index (χ1v) is 7.33. The maximum atomic E-state index is 11.8. The highest BCUT2D eigenvalue weighted by Crippen LogP contribution is 2.19. The minimum absolute atomic E-state index is 0.141. The van der Waals surface area contributed by atoms with Crippen LogP contribution in [0.5, 0.6) is 0 Å². The first-order chi connectivity index (χ1) is 10.2. The van der Waals surface area contributed by atoms with E-state index in [9.17, 15) is 4.79 Å². The van der Waals surface area contributed by atoms with Crippen LogP contribution in [-0.2, 0) is 0 Å². The number of unbranched alkanes of at least 4 members (excludes halogenated alkanes) is 1. The van der Waals surface area contributed by atoms with Crippen molar-refractivity contribution in [2.24, 2.45) is 0 Å². The number of pyridine rings is 1. The largest absolute Gasteiger partial charge is 0.354 e. The van der Waals surface area contributed by atoms with Crippen LogP contribution in [0, 0.1) is 0 Å². The zero-order valence-corrected chi connectivity index (χ0v) is 12.7. The maximum Gasteiger partial charge on any atom is 0.269 e. The van der Waals surface area contributed by atoms with Gasteiger partial charge >= 0.3 is 0 Å². The van der Waals surface area contributed by atoms with E-state index < -0.39 is 0 Å². The van der Waals surface area contributed by atoms with Gasteiger partial charge in [0.2, 0.25) is 0 Å². The minimum atomic E-state index is -0.141. The molecule has 0 aliphatic carbocycles. The van der Waals surface area contributed by atoms with Crippen LogP contribution in [0.25, 0.3) is 0 Å². The van der Waals surface area contributed by atoms with Crippen LogP contribution < -0.4 is 10.6 Å². The Balaban J connectivity index is 1.97. The Hall–Kier alpha value is -2.07. The van der Waals surface area contributed by atoms with Crippen LogP contribution in [0.2, 0.25) is 5.02 Å². The maximum absolute atomic E-state index is 11.8. The fourth-order valence-electron chi connectivity index (χ4n) is 1.80. The topological polar surface area (TPSA) is 54.0 Å². The van der Waals surface area contributed by atoms with Crippen molar-refractivity contribution in [3.8, 4) is 0 Å². The van der Waals surface area contributed by atoms with Gasteiger partial charge < -0.3 is 10.6 Å². The van der Waals surface area contributed by atoms with Gasteiger partial charge in [-0.2, -0.15) is 0 Å². The Bertz CT molecular complexity index is 599. The zero-order chi connectivity index (χ0) is 15.1. The van der Waals surface area contributed by atoms with Gasteiger partial charge in [-0.15, -0.1) is 0 Å². The van der Waals surface area contributed by atoms with Gasteiger partial charge in [0.15, 0.2) is 0 Å². The van der Waals surface area contributed by atoms with Crippen molar-refractivity contribution in [2.45, 2.75) is 19.8 Å². The molecule has 0 radical (unpaired) electrons. The molecule has 2 rings (SSSR count). The molecular weight excluding hydrogens is 286 g/mol. The lowest BCUT2D eigenvalue weighted by Gasteiger charge is -2.07. The van der Waals surface area contributed by atoms with Crippen LogP contribution >= 0.6 is 11.6 Å².